The van der Waals surface area contributed by atoms with E-state index in [1.54, 1.807) is 0 Å². The van der Waals surface area contributed by atoms with Crippen LogP contribution in [0, 0.1) is 0 Å². The number of rotatable bonds is 9. The van der Waals surface area contributed by atoms with Gasteiger partial charge in [-0.05, 0) is 12.8 Å². The van der Waals surface area contributed by atoms with E-state index in [0.717, 1.165) is 22.1 Å². The van der Waals surface area contributed by atoms with Gasteiger partial charge in [0.2, 0.25) is 23.2 Å². The van der Waals surface area contributed by atoms with E-state index in [0.29, 0.717) is 0 Å². The van der Waals surface area contributed by atoms with Crippen molar-refractivity contribution in [2.75, 3.05) is 24.7 Å². The predicted octanol–water partition coefficient (Wildman–Crippen LogP) is -1.79. The summed E-state index contributed by atoms with van der Waals surface area (Å²) in [6.07, 6.45) is 1.06. The summed E-state index contributed by atoms with van der Waals surface area (Å²) < 4.78 is 31.3. The van der Waals surface area contributed by atoms with E-state index in [1.165, 1.54) is 7.11 Å². The Morgan fingerprint density at radius 1 is 1.03 bits per heavy atom. The third kappa shape index (κ3) is 4.50. The third-order valence-corrected chi connectivity index (χ3v) is 6.08. The molecule has 17 nitrogen and oxygen atoms in total. The van der Waals surface area contributed by atoms with Gasteiger partial charge in [0, 0.05) is 7.11 Å². The number of nitrogens with zero attached hydrogens (tertiary/aromatic N) is 6. The first-order chi connectivity index (χ1) is 15.7. The van der Waals surface area contributed by atoms with Crippen LogP contribution in [-0.2, 0) is 9.30 Å². The minimum atomic E-state index is -4.14. The SMILES string of the molecule is COC(O)CCCP(=O)(On1cnc2c(=O)[nH]c(N)nc21)On1cnc2c(=O)[nH]c(N)nc21. The summed E-state index contributed by atoms with van der Waals surface area (Å²) in [5.41, 5.74) is 9.46. The Morgan fingerprint density at radius 2 is 1.52 bits per heavy atom. The van der Waals surface area contributed by atoms with Gasteiger partial charge >= 0.3 is 7.60 Å². The number of aliphatic hydroxyl groups is 1. The zero-order valence-corrected chi connectivity index (χ0v) is 17.9. The fourth-order valence-corrected chi connectivity index (χ4v) is 4.41. The van der Waals surface area contributed by atoms with Crippen molar-refractivity contribution in [2.45, 2.75) is 19.1 Å². The second-order valence-corrected chi connectivity index (χ2v) is 8.71. The first-order valence-electron chi connectivity index (χ1n) is 9.35. The lowest BCUT2D eigenvalue weighted by Crippen LogP contribution is -2.22. The van der Waals surface area contributed by atoms with Gasteiger partial charge in [-0.1, -0.05) is 0 Å². The van der Waals surface area contributed by atoms with E-state index in [-0.39, 0.29) is 53.2 Å². The molecule has 0 fully saturated rings. The number of aromatic amines is 2. The van der Waals surface area contributed by atoms with Crippen LogP contribution in [0.1, 0.15) is 12.8 Å². The molecule has 4 heterocycles. The molecule has 4 aromatic rings. The summed E-state index contributed by atoms with van der Waals surface area (Å²) in [5.74, 6) is -0.423. The predicted molar refractivity (Wildman–Crippen MR) is 113 cm³/mol. The van der Waals surface area contributed by atoms with E-state index in [1.807, 2.05) is 0 Å². The summed E-state index contributed by atoms with van der Waals surface area (Å²) in [5, 5.41) is 9.62. The van der Waals surface area contributed by atoms with Crippen LogP contribution in [0.15, 0.2) is 22.2 Å². The van der Waals surface area contributed by atoms with Gasteiger partial charge in [-0.15, -0.1) is 9.46 Å². The van der Waals surface area contributed by atoms with Gasteiger partial charge in [-0.25, -0.2) is 14.5 Å². The molecule has 0 aliphatic carbocycles. The van der Waals surface area contributed by atoms with Gasteiger partial charge in [-0.3, -0.25) is 19.6 Å². The molecule has 0 amide bonds. The number of aromatic nitrogens is 8. The van der Waals surface area contributed by atoms with Crippen LogP contribution in [0.25, 0.3) is 22.3 Å². The van der Waals surface area contributed by atoms with E-state index >= 15 is 0 Å². The van der Waals surface area contributed by atoms with Gasteiger partial charge in [0.25, 0.3) is 11.1 Å². The average Bonchev–Trinajstić information content (AvgIpc) is 3.32. The van der Waals surface area contributed by atoms with Crippen LogP contribution >= 0.6 is 7.60 Å². The molecule has 33 heavy (non-hydrogen) atoms. The van der Waals surface area contributed by atoms with Crippen molar-refractivity contribution in [3.63, 3.8) is 0 Å². The summed E-state index contributed by atoms with van der Waals surface area (Å²) in [7, 11) is -2.83. The smallest absolute Gasteiger partial charge is 0.369 e. The van der Waals surface area contributed by atoms with Gasteiger partial charge < -0.3 is 30.6 Å². The number of H-pyrrole nitrogens is 2. The molecule has 0 aliphatic heterocycles. The zero-order chi connectivity index (χ0) is 23.8. The zero-order valence-electron chi connectivity index (χ0n) is 17.0. The molecule has 0 radical (unpaired) electrons. The maximum Gasteiger partial charge on any atom is 0.467 e. The fourth-order valence-electron chi connectivity index (χ4n) is 2.88. The Kier molecular flexibility index (Phi) is 5.75. The molecule has 1 unspecified atom stereocenters. The molecule has 1 atom stereocenters. The maximum atomic E-state index is 13.7. The normalized spacial score (nSPS) is 12.9. The summed E-state index contributed by atoms with van der Waals surface area (Å²) in [6, 6.07) is 0. The first-order valence-corrected chi connectivity index (χ1v) is 11.1. The molecule has 7 N–H and O–H groups in total. The lowest BCUT2D eigenvalue weighted by Gasteiger charge is -2.20. The average molecular weight is 482 g/mol. The van der Waals surface area contributed by atoms with Crippen molar-refractivity contribution >= 4 is 41.8 Å². The van der Waals surface area contributed by atoms with E-state index in [2.05, 4.69) is 29.9 Å². The highest BCUT2D eigenvalue weighted by Gasteiger charge is 2.32. The summed E-state index contributed by atoms with van der Waals surface area (Å²) in [6.45, 7) is 0. The number of fused-ring (bicyclic) bond motifs is 2. The maximum absolute atomic E-state index is 13.7. The molecule has 0 saturated carbocycles. The van der Waals surface area contributed by atoms with Gasteiger partial charge in [0.15, 0.2) is 17.3 Å². The molecule has 18 heteroatoms. The number of anilines is 2. The Labute approximate surface area is 182 Å². The number of imidazole rings is 2. The summed E-state index contributed by atoms with van der Waals surface area (Å²) >= 11 is 0. The van der Waals surface area contributed by atoms with E-state index in [9.17, 15) is 19.3 Å². The van der Waals surface area contributed by atoms with Crippen molar-refractivity contribution in [3.05, 3.63) is 33.4 Å². The number of nitrogen functional groups attached to an aromatic ring is 2. The standard InChI is InChI=1S/C15H19N10O7P/c1-30-7(26)3-2-4-33(29,31-24-5-18-8-10(24)20-14(16)22-12(8)27)32-25-6-19-9-11(25)21-15(17)23-13(9)28/h5-7,26H,2-4H2,1H3,(H3,16,20,22,27)(H3,17,21,23,28). The first kappa shape index (κ1) is 22.3. The Bertz CT molecular complexity index is 1370. The van der Waals surface area contributed by atoms with Crippen molar-refractivity contribution < 1.29 is 23.7 Å². The lowest BCUT2D eigenvalue weighted by atomic mass is 10.3. The number of methoxy groups -OCH3 is 1. The monoisotopic (exact) mass is 482 g/mol. The molecular weight excluding hydrogens is 463 g/mol. The van der Waals surface area contributed by atoms with Gasteiger partial charge in [-0.2, -0.15) is 9.97 Å². The highest BCUT2D eigenvalue weighted by Crippen LogP contribution is 2.43. The molecule has 176 valence electrons. The highest BCUT2D eigenvalue weighted by atomic mass is 31.2. The second-order valence-electron chi connectivity index (χ2n) is 6.72. The Hall–Kier alpha value is -3.95. The van der Waals surface area contributed by atoms with Crippen LogP contribution in [0.3, 0.4) is 0 Å². The summed E-state index contributed by atoms with van der Waals surface area (Å²) in [4.78, 5) is 44.2. The lowest BCUT2D eigenvalue weighted by molar-refractivity contribution is -0.0783. The van der Waals surface area contributed by atoms with Gasteiger partial charge in [0.1, 0.15) is 12.7 Å². The molecular formula is C15H19N10O7P. The molecule has 0 saturated heterocycles. The Morgan fingerprint density at radius 3 is 1.97 bits per heavy atom. The van der Waals surface area contributed by atoms with E-state index < -0.39 is 25.0 Å². The number of hydrogen-bond donors (Lipinski definition) is 5. The van der Waals surface area contributed by atoms with Crippen LogP contribution in [0.2, 0.25) is 0 Å². The molecule has 0 aliphatic rings. The number of aliphatic hydroxyl groups excluding tert-OH is 1. The molecule has 4 aromatic heterocycles. The fraction of sp³-hybridized carbons (Fsp3) is 0.333. The number of ether oxygens (including phenoxy) is 1. The topological polar surface area (TPSA) is 244 Å². The van der Waals surface area contributed by atoms with E-state index in [4.69, 9.17) is 25.5 Å². The van der Waals surface area contributed by atoms with Crippen molar-refractivity contribution in [1.82, 2.24) is 39.4 Å². The molecule has 4 rings (SSSR count). The Balaban J connectivity index is 1.71. The molecule has 0 bridgehead atoms. The van der Waals surface area contributed by atoms with Gasteiger partial charge in [0.05, 0.1) is 6.16 Å². The van der Waals surface area contributed by atoms with Crippen LogP contribution in [-0.4, -0.2) is 64.0 Å². The number of nitrogens with one attached hydrogen (secondary N) is 2. The van der Waals surface area contributed by atoms with Crippen molar-refractivity contribution in [3.8, 4) is 0 Å². The van der Waals surface area contributed by atoms with Crippen LogP contribution in [0.5, 0.6) is 0 Å². The van der Waals surface area contributed by atoms with Crippen LogP contribution < -0.4 is 31.8 Å². The second kappa shape index (κ2) is 8.53. The third-order valence-electron chi connectivity index (χ3n) is 4.37. The number of hydrogen-bond acceptors (Lipinski definition) is 13. The highest BCUT2D eigenvalue weighted by molar-refractivity contribution is 7.54. The largest absolute Gasteiger partial charge is 0.467 e. The molecule has 0 aromatic carbocycles. The minimum Gasteiger partial charge on any atom is -0.369 e. The van der Waals surface area contributed by atoms with Crippen LogP contribution in [0.4, 0.5) is 11.9 Å². The molecule has 0 spiro atoms. The van der Waals surface area contributed by atoms with Crippen molar-refractivity contribution in [2.24, 2.45) is 0 Å². The number of nitrogens with two attached hydrogens (primary N) is 2. The quantitative estimate of drug-likeness (QED) is 0.131. The minimum absolute atomic E-state index is 0.105. The van der Waals surface area contributed by atoms with Crippen molar-refractivity contribution in [1.29, 1.82) is 0 Å².